The molecule has 0 fully saturated rings. The molecule has 0 bridgehead atoms. The molecule has 19 heavy (non-hydrogen) atoms. The Labute approximate surface area is 109 Å². The summed E-state index contributed by atoms with van der Waals surface area (Å²) in [5.41, 5.74) is 0.619. The molecule has 2 amide bonds. The van der Waals surface area contributed by atoms with Crippen LogP contribution in [0.4, 0.5) is 0 Å². The minimum absolute atomic E-state index is 0.0564. The molecule has 1 aliphatic heterocycles. The summed E-state index contributed by atoms with van der Waals surface area (Å²) in [4.78, 5) is 37.2. The molecule has 5 heteroatoms. The Hall–Kier alpha value is -2.27. The molecule has 0 aromatic heterocycles. The number of hydrogen-bond acceptors (Lipinski definition) is 4. The topological polar surface area (TPSA) is 74.7 Å². The smallest absolute Gasteiger partial charge is 0.262 e. The van der Waals surface area contributed by atoms with Gasteiger partial charge in [0.2, 0.25) is 0 Å². The lowest BCUT2D eigenvalue weighted by Crippen LogP contribution is -2.47. The first-order chi connectivity index (χ1) is 9.09. The molecular formula is C14H11NO4. The molecular weight excluding hydrogens is 246 g/mol. The van der Waals surface area contributed by atoms with E-state index in [1.165, 1.54) is 12.2 Å². The summed E-state index contributed by atoms with van der Waals surface area (Å²) in [6, 6.07) is 5.56. The van der Waals surface area contributed by atoms with Crippen LogP contribution in [0.15, 0.2) is 36.4 Å². The van der Waals surface area contributed by atoms with Crippen molar-refractivity contribution in [3.8, 4) is 0 Å². The summed E-state index contributed by atoms with van der Waals surface area (Å²) in [7, 11) is 0. The third-order valence-corrected chi connectivity index (χ3v) is 3.41. The van der Waals surface area contributed by atoms with Gasteiger partial charge < -0.3 is 5.11 Å². The molecule has 0 spiro atoms. The van der Waals surface area contributed by atoms with Gasteiger partial charge in [0.1, 0.15) is 6.04 Å². The fourth-order valence-corrected chi connectivity index (χ4v) is 2.46. The number of ketones is 1. The lowest BCUT2D eigenvalue weighted by molar-refractivity contribution is -0.119. The second kappa shape index (κ2) is 4.13. The van der Waals surface area contributed by atoms with Crippen LogP contribution >= 0.6 is 0 Å². The third-order valence-electron chi connectivity index (χ3n) is 3.41. The Morgan fingerprint density at radius 1 is 1.05 bits per heavy atom. The standard InChI is InChI=1S/C14H11NO4/c16-8-5-6-12(17)11(7-8)15-13(18)9-3-1-2-4-10(9)14(15)19/h1-6,8,11,16H,7H2/t8-,11-/m1/s1. The van der Waals surface area contributed by atoms with Crippen molar-refractivity contribution < 1.29 is 19.5 Å². The third kappa shape index (κ3) is 1.70. The molecule has 1 heterocycles. The van der Waals surface area contributed by atoms with Crippen molar-refractivity contribution in [1.82, 2.24) is 4.90 Å². The molecule has 1 N–H and O–H groups in total. The van der Waals surface area contributed by atoms with Gasteiger partial charge in [0.05, 0.1) is 17.2 Å². The largest absolute Gasteiger partial charge is 0.389 e. The van der Waals surface area contributed by atoms with E-state index in [1.807, 2.05) is 0 Å². The molecule has 1 aromatic rings. The van der Waals surface area contributed by atoms with E-state index in [1.54, 1.807) is 24.3 Å². The van der Waals surface area contributed by atoms with Crippen molar-refractivity contribution in [1.29, 1.82) is 0 Å². The van der Waals surface area contributed by atoms with Crippen LogP contribution in [0, 0.1) is 0 Å². The Morgan fingerprint density at radius 2 is 1.63 bits per heavy atom. The zero-order valence-electron chi connectivity index (χ0n) is 9.95. The average Bonchev–Trinajstić information content (AvgIpc) is 2.66. The summed E-state index contributed by atoms with van der Waals surface area (Å²) in [6.45, 7) is 0. The van der Waals surface area contributed by atoms with Crippen molar-refractivity contribution in [2.45, 2.75) is 18.6 Å². The molecule has 0 saturated carbocycles. The Kier molecular flexibility index (Phi) is 2.57. The number of aliphatic hydroxyl groups is 1. The quantitative estimate of drug-likeness (QED) is 0.745. The van der Waals surface area contributed by atoms with Crippen molar-refractivity contribution >= 4 is 17.6 Å². The number of nitrogens with zero attached hydrogens (tertiary/aromatic N) is 1. The van der Waals surface area contributed by atoms with Crippen LogP contribution in [0.5, 0.6) is 0 Å². The van der Waals surface area contributed by atoms with E-state index in [9.17, 15) is 19.5 Å². The second-order valence-corrected chi connectivity index (χ2v) is 4.61. The summed E-state index contributed by atoms with van der Waals surface area (Å²) < 4.78 is 0. The first kappa shape index (κ1) is 11.8. The maximum atomic E-state index is 12.2. The number of fused-ring (bicyclic) bond motifs is 1. The molecule has 0 saturated heterocycles. The van der Waals surface area contributed by atoms with Crippen LogP contribution in [-0.2, 0) is 4.79 Å². The zero-order valence-corrected chi connectivity index (χ0v) is 9.95. The van der Waals surface area contributed by atoms with Crippen LogP contribution in [0.2, 0.25) is 0 Å². The average molecular weight is 257 g/mol. The number of hydrogen-bond donors (Lipinski definition) is 1. The summed E-state index contributed by atoms with van der Waals surface area (Å²) in [5, 5.41) is 9.56. The normalized spacial score (nSPS) is 25.9. The van der Waals surface area contributed by atoms with Crippen LogP contribution in [0.25, 0.3) is 0 Å². The Bertz CT molecular complexity index is 585. The number of aliphatic hydroxyl groups excluding tert-OH is 1. The summed E-state index contributed by atoms with van der Waals surface area (Å²) in [6.07, 6.45) is 1.84. The molecule has 1 aliphatic carbocycles. The highest BCUT2D eigenvalue weighted by Gasteiger charge is 2.43. The Balaban J connectivity index is 2.01. The first-order valence-corrected chi connectivity index (χ1v) is 5.96. The maximum absolute atomic E-state index is 12.2. The summed E-state index contributed by atoms with van der Waals surface area (Å²) in [5.74, 6) is -1.28. The van der Waals surface area contributed by atoms with Crippen LogP contribution in [0.1, 0.15) is 27.1 Å². The molecule has 0 unspecified atom stereocenters. The van der Waals surface area contributed by atoms with Gasteiger partial charge in [0.25, 0.3) is 11.8 Å². The van der Waals surface area contributed by atoms with Crippen molar-refractivity contribution in [3.05, 3.63) is 47.5 Å². The molecule has 2 aliphatic rings. The van der Waals surface area contributed by atoms with Crippen molar-refractivity contribution in [2.75, 3.05) is 0 Å². The van der Waals surface area contributed by atoms with Crippen LogP contribution < -0.4 is 0 Å². The van der Waals surface area contributed by atoms with Crippen molar-refractivity contribution in [2.24, 2.45) is 0 Å². The first-order valence-electron chi connectivity index (χ1n) is 5.96. The van der Waals surface area contributed by atoms with Crippen LogP contribution in [0.3, 0.4) is 0 Å². The highest BCUT2D eigenvalue weighted by Crippen LogP contribution is 2.27. The Morgan fingerprint density at radius 3 is 2.21 bits per heavy atom. The fourth-order valence-electron chi connectivity index (χ4n) is 2.46. The highest BCUT2D eigenvalue weighted by molar-refractivity contribution is 6.23. The minimum atomic E-state index is -0.910. The number of carbonyl (C=O) groups is 3. The summed E-state index contributed by atoms with van der Waals surface area (Å²) >= 11 is 0. The van der Waals surface area contributed by atoms with Crippen LogP contribution in [-0.4, -0.2) is 39.7 Å². The van der Waals surface area contributed by atoms with Gasteiger partial charge in [-0.3, -0.25) is 19.3 Å². The van der Waals surface area contributed by atoms with Gasteiger partial charge in [-0.15, -0.1) is 0 Å². The molecule has 3 rings (SSSR count). The SMILES string of the molecule is O=C1C=C[C@@H](O)C[C@H]1N1C(=O)c2ccccc2C1=O. The highest BCUT2D eigenvalue weighted by atomic mass is 16.3. The lowest BCUT2D eigenvalue weighted by Gasteiger charge is -2.27. The monoisotopic (exact) mass is 257 g/mol. The van der Waals surface area contributed by atoms with Gasteiger partial charge in [-0.2, -0.15) is 0 Å². The molecule has 0 radical (unpaired) electrons. The van der Waals surface area contributed by atoms with Gasteiger partial charge in [0.15, 0.2) is 5.78 Å². The van der Waals surface area contributed by atoms with E-state index < -0.39 is 24.0 Å². The molecule has 96 valence electrons. The van der Waals surface area contributed by atoms with E-state index in [0.29, 0.717) is 11.1 Å². The van der Waals surface area contributed by atoms with Gasteiger partial charge in [-0.25, -0.2) is 0 Å². The number of carbonyl (C=O) groups excluding carboxylic acids is 3. The number of benzene rings is 1. The number of rotatable bonds is 1. The predicted octanol–water partition coefficient (Wildman–Crippen LogP) is 0.541. The number of amides is 2. The number of imide groups is 1. The lowest BCUT2D eigenvalue weighted by atomic mass is 9.97. The van der Waals surface area contributed by atoms with Crippen molar-refractivity contribution in [3.63, 3.8) is 0 Å². The van der Waals surface area contributed by atoms with E-state index in [-0.39, 0.29) is 12.2 Å². The minimum Gasteiger partial charge on any atom is -0.389 e. The van der Waals surface area contributed by atoms with E-state index in [4.69, 9.17) is 0 Å². The molecule has 2 atom stereocenters. The van der Waals surface area contributed by atoms with Gasteiger partial charge in [-0.1, -0.05) is 18.2 Å². The predicted molar refractivity (Wildman–Crippen MR) is 65.5 cm³/mol. The fraction of sp³-hybridized carbons (Fsp3) is 0.214. The van der Waals surface area contributed by atoms with E-state index >= 15 is 0 Å². The van der Waals surface area contributed by atoms with Gasteiger partial charge >= 0.3 is 0 Å². The van der Waals surface area contributed by atoms with E-state index in [2.05, 4.69) is 0 Å². The molecule has 1 aromatic carbocycles. The van der Waals surface area contributed by atoms with Gasteiger partial charge in [-0.05, 0) is 18.2 Å². The molecule has 5 nitrogen and oxygen atoms in total. The van der Waals surface area contributed by atoms with Gasteiger partial charge in [0, 0.05) is 6.42 Å². The maximum Gasteiger partial charge on any atom is 0.262 e. The second-order valence-electron chi connectivity index (χ2n) is 4.61. The van der Waals surface area contributed by atoms with E-state index in [0.717, 1.165) is 4.90 Å². The zero-order chi connectivity index (χ0) is 13.6.